The molecule has 2 rings (SSSR count). The summed E-state index contributed by atoms with van der Waals surface area (Å²) in [6, 6.07) is 4.44. The summed E-state index contributed by atoms with van der Waals surface area (Å²) in [6.07, 6.45) is -3.66. The van der Waals surface area contributed by atoms with Crippen LogP contribution in [0.3, 0.4) is 0 Å². The zero-order chi connectivity index (χ0) is 15.6. The average molecular weight is 318 g/mol. The number of halogens is 4. The fourth-order valence-corrected chi connectivity index (χ4v) is 1.80. The Balaban J connectivity index is 2.26. The molecule has 1 atom stereocenters. The van der Waals surface area contributed by atoms with E-state index < -0.39 is 17.8 Å². The Labute approximate surface area is 123 Å². The second-order valence-corrected chi connectivity index (χ2v) is 4.65. The van der Waals surface area contributed by atoms with Crippen LogP contribution < -0.4 is 10.5 Å². The smallest absolute Gasteiger partial charge is 0.416 e. The molecule has 0 radical (unpaired) electrons. The first-order valence-corrected chi connectivity index (χ1v) is 6.27. The average Bonchev–Trinajstić information content (AvgIpc) is 2.40. The van der Waals surface area contributed by atoms with Gasteiger partial charge in [-0.05, 0) is 31.2 Å². The van der Waals surface area contributed by atoms with Gasteiger partial charge in [0.2, 0.25) is 5.95 Å². The number of benzene rings is 1. The fourth-order valence-electron chi connectivity index (χ4n) is 1.64. The quantitative estimate of drug-likeness (QED) is 0.933. The van der Waals surface area contributed by atoms with E-state index in [0.717, 1.165) is 18.2 Å². The van der Waals surface area contributed by atoms with E-state index >= 15 is 0 Å². The molecule has 0 amide bonds. The van der Waals surface area contributed by atoms with Crippen molar-refractivity contribution >= 4 is 17.5 Å². The van der Waals surface area contributed by atoms with Crippen LogP contribution in [0.1, 0.15) is 24.3 Å². The van der Waals surface area contributed by atoms with Crippen molar-refractivity contribution in [3.63, 3.8) is 0 Å². The molecule has 0 aliphatic heterocycles. The van der Waals surface area contributed by atoms with Gasteiger partial charge < -0.3 is 10.5 Å². The lowest BCUT2D eigenvalue weighted by Crippen LogP contribution is -2.09. The Morgan fingerprint density at radius 2 is 2.00 bits per heavy atom. The van der Waals surface area contributed by atoms with E-state index in [1.807, 2.05) is 0 Å². The van der Waals surface area contributed by atoms with Crippen LogP contribution in [0.15, 0.2) is 30.5 Å². The van der Waals surface area contributed by atoms with Gasteiger partial charge in [-0.25, -0.2) is 9.97 Å². The molecule has 1 aromatic carbocycles. The number of hydrogen-bond donors (Lipinski definition) is 1. The zero-order valence-corrected chi connectivity index (χ0v) is 11.6. The molecule has 21 heavy (non-hydrogen) atoms. The number of nitrogens with two attached hydrogens (primary N) is 1. The highest BCUT2D eigenvalue weighted by Crippen LogP contribution is 2.36. The summed E-state index contributed by atoms with van der Waals surface area (Å²) < 4.78 is 43.5. The topological polar surface area (TPSA) is 61.0 Å². The summed E-state index contributed by atoms with van der Waals surface area (Å²) in [5.41, 5.74) is 5.05. The summed E-state index contributed by atoms with van der Waals surface area (Å²) >= 11 is 5.86. The van der Waals surface area contributed by atoms with E-state index in [1.54, 1.807) is 13.0 Å². The molecule has 1 heterocycles. The van der Waals surface area contributed by atoms with E-state index in [1.165, 1.54) is 6.20 Å². The van der Waals surface area contributed by atoms with Crippen LogP contribution >= 0.6 is 11.6 Å². The largest absolute Gasteiger partial charge is 0.483 e. The molecule has 8 heteroatoms. The number of hydrogen-bond acceptors (Lipinski definition) is 4. The fraction of sp³-hybridized carbons (Fsp3) is 0.231. The number of ether oxygens (including phenoxy) is 1. The minimum absolute atomic E-state index is 0.0538. The molecule has 1 aromatic heterocycles. The van der Waals surface area contributed by atoms with E-state index in [-0.39, 0.29) is 16.7 Å². The van der Waals surface area contributed by atoms with Crippen molar-refractivity contribution < 1.29 is 17.9 Å². The van der Waals surface area contributed by atoms with Gasteiger partial charge in [-0.3, -0.25) is 0 Å². The lowest BCUT2D eigenvalue weighted by Gasteiger charge is -2.17. The van der Waals surface area contributed by atoms with Crippen LogP contribution in [0, 0.1) is 0 Å². The number of aromatic nitrogens is 2. The zero-order valence-electron chi connectivity index (χ0n) is 10.9. The normalized spacial score (nSPS) is 13.0. The van der Waals surface area contributed by atoms with Crippen LogP contribution in [0.2, 0.25) is 5.02 Å². The molecule has 0 bridgehead atoms. The lowest BCUT2D eigenvalue weighted by atomic mass is 10.2. The minimum Gasteiger partial charge on any atom is -0.483 e. The summed E-state index contributed by atoms with van der Waals surface area (Å²) in [7, 11) is 0. The van der Waals surface area contributed by atoms with Gasteiger partial charge in [-0.1, -0.05) is 11.6 Å². The molecule has 0 spiro atoms. The molecule has 4 nitrogen and oxygen atoms in total. The molecule has 2 aromatic rings. The Bertz CT molecular complexity index is 649. The van der Waals surface area contributed by atoms with Crippen molar-refractivity contribution in [3.8, 4) is 5.75 Å². The van der Waals surface area contributed by atoms with Gasteiger partial charge in [0, 0.05) is 6.20 Å². The van der Waals surface area contributed by atoms with Crippen molar-refractivity contribution in [1.82, 2.24) is 9.97 Å². The lowest BCUT2D eigenvalue weighted by molar-refractivity contribution is -0.137. The van der Waals surface area contributed by atoms with Crippen LogP contribution in [-0.2, 0) is 6.18 Å². The van der Waals surface area contributed by atoms with Crippen molar-refractivity contribution in [3.05, 3.63) is 46.7 Å². The van der Waals surface area contributed by atoms with E-state index in [4.69, 9.17) is 22.1 Å². The highest BCUT2D eigenvalue weighted by Gasteiger charge is 2.31. The van der Waals surface area contributed by atoms with Gasteiger partial charge in [-0.15, -0.1) is 0 Å². The third-order valence-corrected chi connectivity index (χ3v) is 2.99. The Kier molecular flexibility index (Phi) is 4.22. The van der Waals surface area contributed by atoms with E-state index in [9.17, 15) is 13.2 Å². The molecular weight excluding hydrogens is 307 g/mol. The SMILES string of the molecule is C[C@@H](Oc1cc(C(F)(F)F)ccc1Cl)c1ccnc(N)n1. The van der Waals surface area contributed by atoms with E-state index in [2.05, 4.69) is 9.97 Å². The Morgan fingerprint density at radius 3 is 2.62 bits per heavy atom. The van der Waals surface area contributed by atoms with Crippen LogP contribution in [0.4, 0.5) is 19.1 Å². The van der Waals surface area contributed by atoms with Crippen molar-refractivity contribution in [2.24, 2.45) is 0 Å². The van der Waals surface area contributed by atoms with Crippen molar-refractivity contribution in [1.29, 1.82) is 0 Å². The first kappa shape index (κ1) is 15.4. The van der Waals surface area contributed by atoms with Crippen molar-refractivity contribution in [2.75, 3.05) is 5.73 Å². The maximum absolute atomic E-state index is 12.7. The molecule has 0 saturated carbocycles. The molecule has 2 N–H and O–H groups in total. The number of nitrogens with zero attached hydrogens (tertiary/aromatic N) is 2. The van der Waals surface area contributed by atoms with Gasteiger partial charge in [0.25, 0.3) is 0 Å². The number of nitrogen functional groups attached to an aromatic ring is 1. The monoisotopic (exact) mass is 317 g/mol. The highest BCUT2D eigenvalue weighted by atomic mass is 35.5. The number of alkyl halides is 3. The van der Waals surface area contributed by atoms with Crippen LogP contribution in [-0.4, -0.2) is 9.97 Å². The first-order chi connectivity index (χ1) is 9.77. The predicted molar refractivity (Wildman–Crippen MR) is 71.9 cm³/mol. The molecule has 0 aliphatic carbocycles. The maximum atomic E-state index is 12.7. The number of rotatable bonds is 3. The first-order valence-electron chi connectivity index (χ1n) is 5.89. The molecular formula is C13H11ClF3N3O. The second kappa shape index (κ2) is 5.77. The van der Waals surface area contributed by atoms with Crippen LogP contribution in [0.25, 0.3) is 0 Å². The molecule has 0 fully saturated rings. The third-order valence-electron chi connectivity index (χ3n) is 2.67. The third kappa shape index (κ3) is 3.75. The Morgan fingerprint density at radius 1 is 1.29 bits per heavy atom. The minimum atomic E-state index is -4.47. The number of anilines is 1. The van der Waals surface area contributed by atoms with Gasteiger partial charge in [0.15, 0.2) is 0 Å². The summed E-state index contributed by atoms with van der Waals surface area (Å²) in [5.74, 6) is -0.0192. The van der Waals surface area contributed by atoms with Gasteiger partial charge in [-0.2, -0.15) is 13.2 Å². The summed E-state index contributed by atoms with van der Waals surface area (Å²) in [6.45, 7) is 1.62. The second-order valence-electron chi connectivity index (χ2n) is 4.24. The Hall–Kier alpha value is -2.02. The predicted octanol–water partition coefficient (Wildman–Crippen LogP) is 3.87. The van der Waals surface area contributed by atoms with Gasteiger partial charge in [0.1, 0.15) is 11.9 Å². The van der Waals surface area contributed by atoms with Gasteiger partial charge in [0.05, 0.1) is 16.3 Å². The van der Waals surface area contributed by atoms with Crippen LogP contribution in [0.5, 0.6) is 5.75 Å². The standard InChI is InChI=1S/C13H11ClF3N3O/c1-7(10-4-5-19-12(18)20-10)21-11-6-8(13(15,16)17)2-3-9(11)14/h2-7H,1H3,(H2,18,19,20)/t7-/m1/s1. The highest BCUT2D eigenvalue weighted by molar-refractivity contribution is 6.32. The van der Waals surface area contributed by atoms with Gasteiger partial charge >= 0.3 is 6.18 Å². The molecule has 0 saturated heterocycles. The van der Waals surface area contributed by atoms with E-state index in [0.29, 0.717) is 5.69 Å². The summed E-state index contributed by atoms with van der Waals surface area (Å²) in [5, 5.41) is 0.0804. The maximum Gasteiger partial charge on any atom is 0.416 e. The molecule has 112 valence electrons. The molecule has 0 aliphatic rings. The van der Waals surface area contributed by atoms with Crippen molar-refractivity contribution in [2.45, 2.75) is 19.2 Å². The molecule has 0 unspecified atom stereocenters. The summed E-state index contributed by atoms with van der Waals surface area (Å²) in [4.78, 5) is 7.68.